The number of nitrogens with zero attached hydrogens (tertiary/aromatic N) is 1. The molecule has 0 atom stereocenters. The summed E-state index contributed by atoms with van der Waals surface area (Å²) >= 11 is 0. The summed E-state index contributed by atoms with van der Waals surface area (Å²) < 4.78 is 14.6. The van der Waals surface area contributed by atoms with Crippen LogP contribution in [0.25, 0.3) is 0 Å². The molecule has 0 unspecified atom stereocenters. The van der Waals surface area contributed by atoms with Crippen LogP contribution in [0.3, 0.4) is 0 Å². The number of benzene rings is 1. The molecule has 27 heavy (non-hydrogen) atoms. The number of carbonyl (C=O) groups excluding carboxylic acids is 3. The number of nitrogens with one attached hydrogen (secondary N) is 1. The Kier molecular flexibility index (Phi) is 8.18. The fourth-order valence-corrected chi connectivity index (χ4v) is 1.76. The summed E-state index contributed by atoms with van der Waals surface area (Å²) in [5.41, 5.74) is -0.778. The van der Waals surface area contributed by atoms with Gasteiger partial charge in [0, 0.05) is 18.6 Å². The Morgan fingerprint density at radius 2 is 1.78 bits per heavy atom. The summed E-state index contributed by atoms with van der Waals surface area (Å²) in [6.07, 6.45) is -1.31. The van der Waals surface area contributed by atoms with Gasteiger partial charge in [-0.25, -0.2) is 9.59 Å². The van der Waals surface area contributed by atoms with Gasteiger partial charge in [-0.1, -0.05) is 0 Å². The highest BCUT2D eigenvalue weighted by Gasteiger charge is 2.16. The Morgan fingerprint density at radius 3 is 2.33 bits per heavy atom. The standard InChI is InChI=1S/C17H22N2O8/c1-17(2,3)27-15(21)18-11-13(20)5-4-10-25-16(22)26-14-8-6-12(7-9-14)19(23)24/h6-9H,4-5,10-11H2,1-3H3,(H,18,21). The number of rotatable bonds is 8. The van der Waals surface area contributed by atoms with Crippen LogP contribution in [0.15, 0.2) is 24.3 Å². The summed E-state index contributed by atoms with van der Waals surface area (Å²) in [7, 11) is 0. The van der Waals surface area contributed by atoms with Crippen LogP contribution in [0.4, 0.5) is 15.3 Å². The molecule has 0 saturated heterocycles. The Bertz CT molecular complexity index is 679. The van der Waals surface area contributed by atoms with Crippen molar-refractivity contribution in [1.82, 2.24) is 5.32 Å². The highest BCUT2D eigenvalue weighted by atomic mass is 16.7. The molecule has 0 aliphatic carbocycles. The molecule has 148 valence electrons. The van der Waals surface area contributed by atoms with Crippen LogP contribution in [0.1, 0.15) is 33.6 Å². The normalized spacial score (nSPS) is 10.6. The van der Waals surface area contributed by atoms with Crippen molar-refractivity contribution >= 4 is 23.7 Å². The zero-order chi connectivity index (χ0) is 20.4. The van der Waals surface area contributed by atoms with Crippen LogP contribution >= 0.6 is 0 Å². The van der Waals surface area contributed by atoms with E-state index in [2.05, 4.69) is 5.32 Å². The third kappa shape index (κ3) is 9.78. The van der Waals surface area contributed by atoms with Crippen molar-refractivity contribution < 1.29 is 33.5 Å². The third-order valence-corrected chi connectivity index (χ3v) is 2.90. The highest BCUT2D eigenvalue weighted by Crippen LogP contribution is 2.17. The number of nitro groups is 1. The van der Waals surface area contributed by atoms with Crippen LogP contribution in [0, 0.1) is 10.1 Å². The molecule has 0 radical (unpaired) electrons. The highest BCUT2D eigenvalue weighted by molar-refractivity contribution is 5.83. The molecule has 1 amide bonds. The predicted octanol–water partition coefficient (Wildman–Crippen LogP) is 2.98. The molecule has 1 N–H and O–H groups in total. The van der Waals surface area contributed by atoms with Gasteiger partial charge < -0.3 is 19.5 Å². The van der Waals surface area contributed by atoms with E-state index in [0.717, 1.165) is 0 Å². The van der Waals surface area contributed by atoms with E-state index in [1.54, 1.807) is 20.8 Å². The van der Waals surface area contributed by atoms with Crippen molar-refractivity contribution in [2.45, 2.75) is 39.2 Å². The van der Waals surface area contributed by atoms with Crippen LogP contribution in [0.2, 0.25) is 0 Å². The number of hydrogen-bond acceptors (Lipinski definition) is 8. The molecule has 1 aromatic carbocycles. The third-order valence-electron chi connectivity index (χ3n) is 2.90. The summed E-state index contributed by atoms with van der Waals surface area (Å²) in [4.78, 5) is 44.5. The zero-order valence-corrected chi connectivity index (χ0v) is 15.4. The fourth-order valence-electron chi connectivity index (χ4n) is 1.76. The lowest BCUT2D eigenvalue weighted by Gasteiger charge is -2.19. The van der Waals surface area contributed by atoms with Gasteiger partial charge in [-0.05, 0) is 39.3 Å². The minimum absolute atomic E-state index is 0.0516. The molecule has 0 heterocycles. The number of nitro benzene ring substituents is 1. The van der Waals surface area contributed by atoms with E-state index in [1.807, 2.05) is 0 Å². The van der Waals surface area contributed by atoms with Gasteiger partial charge in [0.2, 0.25) is 0 Å². The van der Waals surface area contributed by atoms with Crippen LogP contribution < -0.4 is 10.1 Å². The van der Waals surface area contributed by atoms with E-state index < -0.39 is 22.8 Å². The second-order valence-corrected chi connectivity index (χ2v) is 6.45. The Balaban J connectivity index is 2.19. The van der Waals surface area contributed by atoms with E-state index >= 15 is 0 Å². The second kappa shape index (κ2) is 10.1. The molecule has 1 aromatic rings. The molecule has 0 spiro atoms. The first-order chi connectivity index (χ1) is 12.6. The first kappa shape index (κ1) is 21.9. The van der Waals surface area contributed by atoms with Gasteiger partial charge in [0.05, 0.1) is 18.1 Å². The number of amides is 1. The van der Waals surface area contributed by atoms with E-state index in [9.17, 15) is 24.5 Å². The predicted molar refractivity (Wildman–Crippen MR) is 93.6 cm³/mol. The first-order valence-corrected chi connectivity index (χ1v) is 8.14. The van der Waals surface area contributed by atoms with Crippen molar-refractivity contribution in [2.24, 2.45) is 0 Å². The molecule has 0 bridgehead atoms. The maximum absolute atomic E-state index is 11.6. The smallest absolute Gasteiger partial charge is 0.444 e. The minimum Gasteiger partial charge on any atom is -0.444 e. The summed E-state index contributed by atoms with van der Waals surface area (Å²) in [6, 6.07) is 4.93. The maximum atomic E-state index is 11.6. The van der Waals surface area contributed by atoms with Crippen molar-refractivity contribution in [3.05, 3.63) is 34.4 Å². The second-order valence-electron chi connectivity index (χ2n) is 6.45. The number of ketones is 1. The number of ether oxygens (including phenoxy) is 3. The van der Waals surface area contributed by atoms with Crippen molar-refractivity contribution in [3.63, 3.8) is 0 Å². The number of alkyl carbamates (subject to hydrolysis) is 1. The number of non-ortho nitro benzene ring substituents is 1. The minimum atomic E-state index is -0.983. The van der Waals surface area contributed by atoms with Gasteiger partial charge in [-0.2, -0.15) is 0 Å². The van der Waals surface area contributed by atoms with Gasteiger partial charge in [0.15, 0.2) is 5.78 Å². The lowest BCUT2D eigenvalue weighted by atomic mass is 10.2. The summed E-state index contributed by atoms with van der Waals surface area (Å²) in [5, 5.41) is 12.9. The van der Waals surface area contributed by atoms with Crippen LogP contribution in [-0.2, 0) is 14.3 Å². The van der Waals surface area contributed by atoms with E-state index in [-0.39, 0.29) is 43.2 Å². The largest absolute Gasteiger partial charge is 0.513 e. The SMILES string of the molecule is CC(C)(C)OC(=O)NCC(=O)CCCOC(=O)Oc1ccc([N+](=O)[O-])cc1. The van der Waals surface area contributed by atoms with E-state index in [4.69, 9.17) is 14.2 Å². The number of hydrogen-bond donors (Lipinski definition) is 1. The molecular weight excluding hydrogens is 360 g/mol. The lowest BCUT2D eigenvalue weighted by Crippen LogP contribution is -2.35. The molecule has 0 aliphatic rings. The maximum Gasteiger partial charge on any atom is 0.513 e. The Morgan fingerprint density at radius 1 is 1.15 bits per heavy atom. The zero-order valence-electron chi connectivity index (χ0n) is 15.4. The van der Waals surface area contributed by atoms with Gasteiger partial charge in [-0.3, -0.25) is 14.9 Å². The number of Topliss-reactive ketones (excluding diaryl/α,β-unsaturated/α-hetero) is 1. The molecule has 0 saturated carbocycles. The van der Waals surface area contributed by atoms with Gasteiger partial charge in [0.1, 0.15) is 11.4 Å². The lowest BCUT2D eigenvalue weighted by molar-refractivity contribution is -0.384. The van der Waals surface area contributed by atoms with Gasteiger partial charge in [0.25, 0.3) is 5.69 Å². The molecule has 0 fully saturated rings. The molecule has 0 aromatic heterocycles. The fraction of sp³-hybridized carbons (Fsp3) is 0.471. The monoisotopic (exact) mass is 382 g/mol. The Hall–Kier alpha value is -3.17. The molecular formula is C17H22N2O8. The summed E-state index contributed by atoms with van der Waals surface area (Å²) in [5.74, 6) is -0.142. The topological polar surface area (TPSA) is 134 Å². The quantitative estimate of drug-likeness (QED) is 0.238. The van der Waals surface area contributed by atoms with E-state index in [0.29, 0.717) is 0 Å². The number of carbonyl (C=O) groups is 3. The average Bonchev–Trinajstić information content (AvgIpc) is 2.56. The van der Waals surface area contributed by atoms with Crippen molar-refractivity contribution in [2.75, 3.05) is 13.2 Å². The summed E-state index contributed by atoms with van der Waals surface area (Å²) in [6.45, 7) is 4.90. The van der Waals surface area contributed by atoms with Crippen molar-refractivity contribution in [3.8, 4) is 5.75 Å². The molecule has 10 nitrogen and oxygen atoms in total. The molecule has 10 heteroatoms. The average molecular weight is 382 g/mol. The first-order valence-electron chi connectivity index (χ1n) is 8.14. The van der Waals surface area contributed by atoms with Gasteiger partial charge >= 0.3 is 12.2 Å². The molecule has 0 aliphatic heterocycles. The Labute approximate surface area is 155 Å². The van der Waals surface area contributed by atoms with Gasteiger partial charge in [-0.15, -0.1) is 0 Å². The van der Waals surface area contributed by atoms with Crippen molar-refractivity contribution in [1.29, 1.82) is 0 Å². The van der Waals surface area contributed by atoms with Crippen LogP contribution in [0.5, 0.6) is 5.75 Å². The van der Waals surface area contributed by atoms with E-state index in [1.165, 1.54) is 24.3 Å². The van der Waals surface area contributed by atoms with Crippen LogP contribution in [-0.4, -0.2) is 41.7 Å². The molecule has 1 rings (SSSR count).